The molecule has 10 rings (SSSR count). The van der Waals surface area contributed by atoms with Crippen LogP contribution in [-0.2, 0) is 21.7 Å². The SMILES string of the molecule is Cc1cc(-c2ccccc2O[C@@H](C)C[C@H](C)Oc2ccccc2-c2cc(C)cc(-n3c4ccc(C(C)(C)C)cc4c4cc(C(C)(C)C)ccc43)c2O)c(O)c(C2c3ccc(C(C)(C)C)cc3-c3cc(C(C)(C)C)ccc32)c1. The Bertz CT molecular complexity index is 3610. The van der Waals surface area contributed by atoms with Crippen molar-refractivity contribution in [2.45, 2.75) is 157 Å². The standard InChI is InChI=1S/C72H79NO4/c1-42-33-58(67(74)60(35-42)66-52-29-25-46(69(5,6)7)38-54(52)55-39-47(70(8,9)10)26-30-53(55)66)50-21-17-19-23-64(50)76-44(3)37-45(4)77-65-24-20-18-22-51(65)59-34-43(2)36-63(68(59)75)73-61-31-27-48(71(11,12)13)40-56(61)57-41-49(72(14,15)16)28-32-62(57)73/h17-36,38-41,44-45,66,74-75H,37H2,1-16H3/t44-,45-/m0/s1. The van der Waals surface area contributed by atoms with Crippen LogP contribution in [0.2, 0.25) is 0 Å². The van der Waals surface area contributed by atoms with Crippen LogP contribution in [0.1, 0.15) is 159 Å². The molecule has 0 spiro atoms. The number of hydrogen-bond acceptors (Lipinski definition) is 4. The number of phenols is 2. The van der Waals surface area contributed by atoms with E-state index in [1.165, 1.54) is 55.3 Å². The van der Waals surface area contributed by atoms with Gasteiger partial charge in [0.15, 0.2) is 0 Å². The lowest BCUT2D eigenvalue weighted by Gasteiger charge is -2.24. The van der Waals surface area contributed by atoms with Crippen molar-refractivity contribution in [2.75, 3.05) is 0 Å². The Balaban J connectivity index is 0.945. The molecule has 5 nitrogen and oxygen atoms in total. The van der Waals surface area contributed by atoms with E-state index in [9.17, 15) is 10.2 Å². The third-order valence-electron chi connectivity index (χ3n) is 16.0. The Kier molecular flexibility index (Phi) is 13.4. The van der Waals surface area contributed by atoms with Gasteiger partial charge in [-0.1, -0.05) is 174 Å². The number of aromatic hydroxyl groups is 2. The van der Waals surface area contributed by atoms with E-state index in [0.717, 1.165) is 50.1 Å². The van der Waals surface area contributed by atoms with E-state index in [2.05, 4.69) is 212 Å². The monoisotopic (exact) mass is 1020 g/mol. The molecular formula is C72H79NO4. The number of para-hydroxylation sites is 2. The van der Waals surface area contributed by atoms with Gasteiger partial charge >= 0.3 is 0 Å². The number of nitrogens with zero attached hydrogens (tertiary/aromatic N) is 1. The predicted molar refractivity (Wildman–Crippen MR) is 323 cm³/mol. The minimum absolute atomic E-state index is 0.0101. The molecule has 396 valence electrons. The average Bonchev–Trinajstić information content (AvgIpc) is 3.91. The summed E-state index contributed by atoms with van der Waals surface area (Å²) in [7, 11) is 0. The van der Waals surface area contributed by atoms with Crippen molar-refractivity contribution in [2.24, 2.45) is 0 Å². The number of hydrogen-bond donors (Lipinski definition) is 2. The van der Waals surface area contributed by atoms with E-state index in [1.54, 1.807) is 0 Å². The molecule has 0 aliphatic heterocycles. The smallest absolute Gasteiger partial charge is 0.147 e. The normalized spacial score (nSPS) is 14.0. The molecule has 1 heterocycles. The topological polar surface area (TPSA) is 63.9 Å². The summed E-state index contributed by atoms with van der Waals surface area (Å²) in [5, 5.41) is 27.5. The number of phenolic OH excluding ortho intramolecular Hbond substituents is 2. The van der Waals surface area contributed by atoms with Crippen LogP contribution in [0.3, 0.4) is 0 Å². The van der Waals surface area contributed by atoms with Crippen LogP contribution in [0.5, 0.6) is 23.0 Å². The first kappa shape index (κ1) is 53.2. The molecule has 0 saturated heterocycles. The largest absolute Gasteiger partial charge is 0.507 e. The summed E-state index contributed by atoms with van der Waals surface area (Å²) in [5.74, 6) is 1.70. The fourth-order valence-corrected chi connectivity index (χ4v) is 11.7. The quantitative estimate of drug-likeness (QED) is 0.143. The molecule has 8 aromatic carbocycles. The van der Waals surface area contributed by atoms with Crippen LogP contribution in [0.15, 0.2) is 146 Å². The highest BCUT2D eigenvalue weighted by Gasteiger charge is 2.35. The van der Waals surface area contributed by atoms with Gasteiger partial charge in [-0.05, 0) is 160 Å². The van der Waals surface area contributed by atoms with Gasteiger partial charge in [0.2, 0.25) is 0 Å². The number of ether oxygens (including phenoxy) is 2. The van der Waals surface area contributed by atoms with Crippen molar-refractivity contribution < 1.29 is 19.7 Å². The van der Waals surface area contributed by atoms with Crippen molar-refractivity contribution in [3.8, 4) is 62.1 Å². The molecule has 0 amide bonds. The molecule has 0 fully saturated rings. The Morgan fingerprint density at radius 2 is 0.805 bits per heavy atom. The highest BCUT2D eigenvalue weighted by molar-refractivity contribution is 6.10. The maximum atomic E-state index is 12.6. The van der Waals surface area contributed by atoms with Gasteiger partial charge in [0, 0.05) is 50.9 Å². The van der Waals surface area contributed by atoms with Crippen molar-refractivity contribution in [3.05, 3.63) is 196 Å². The predicted octanol–water partition coefficient (Wildman–Crippen LogP) is 19.1. The molecule has 77 heavy (non-hydrogen) atoms. The Morgan fingerprint density at radius 3 is 1.25 bits per heavy atom. The molecule has 1 aromatic heterocycles. The molecule has 2 atom stereocenters. The summed E-state index contributed by atoms with van der Waals surface area (Å²) < 4.78 is 16.0. The summed E-state index contributed by atoms with van der Waals surface area (Å²) in [5.41, 5.74) is 18.9. The zero-order valence-electron chi connectivity index (χ0n) is 48.5. The van der Waals surface area contributed by atoms with E-state index >= 15 is 0 Å². The highest BCUT2D eigenvalue weighted by Crippen LogP contribution is 2.54. The summed E-state index contributed by atoms with van der Waals surface area (Å²) in [4.78, 5) is 0. The summed E-state index contributed by atoms with van der Waals surface area (Å²) in [6.07, 6.45) is 0.0741. The third kappa shape index (κ3) is 10.0. The lowest BCUT2D eigenvalue weighted by Crippen LogP contribution is -2.23. The van der Waals surface area contributed by atoms with E-state index in [-0.39, 0.29) is 51.3 Å². The molecule has 1 aliphatic carbocycles. The van der Waals surface area contributed by atoms with Crippen LogP contribution in [0.4, 0.5) is 0 Å². The van der Waals surface area contributed by atoms with Crippen LogP contribution >= 0.6 is 0 Å². The van der Waals surface area contributed by atoms with Crippen LogP contribution < -0.4 is 9.47 Å². The van der Waals surface area contributed by atoms with Crippen molar-refractivity contribution in [1.82, 2.24) is 4.57 Å². The first-order valence-corrected chi connectivity index (χ1v) is 27.8. The average molecular weight is 1020 g/mol. The molecule has 0 bridgehead atoms. The first-order valence-electron chi connectivity index (χ1n) is 27.8. The van der Waals surface area contributed by atoms with Gasteiger partial charge in [-0.2, -0.15) is 0 Å². The first-order chi connectivity index (χ1) is 36.2. The molecule has 0 unspecified atom stereocenters. The maximum absolute atomic E-state index is 12.6. The Morgan fingerprint density at radius 1 is 0.416 bits per heavy atom. The lowest BCUT2D eigenvalue weighted by atomic mass is 9.82. The molecule has 0 radical (unpaired) electrons. The van der Waals surface area contributed by atoms with Crippen LogP contribution in [0, 0.1) is 13.8 Å². The second-order valence-electron chi connectivity index (χ2n) is 26.4. The van der Waals surface area contributed by atoms with Gasteiger partial charge in [0.05, 0.1) is 28.9 Å². The second kappa shape index (κ2) is 19.3. The molecule has 1 aliphatic rings. The van der Waals surface area contributed by atoms with Gasteiger partial charge in [0.25, 0.3) is 0 Å². The minimum Gasteiger partial charge on any atom is -0.507 e. The molecule has 9 aromatic rings. The van der Waals surface area contributed by atoms with E-state index < -0.39 is 0 Å². The van der Waals surface area contributed by atoms with Crippen molar-refractivity contribution >= 4 is 21.8 Å². The van der Waals surface area contributed by atoms with Crippen molar-refractivity contribution in [3.63, 3.8) is 0 Å². The number of benzene rings is 8. The van der Waals surface area contributed by atoms with Gasteiger partial charge in [-0.15, -0.1) is 0 Å². The molecule has 2 N–H and O–H groups in total. The Labute approximate surface area is 458 Å². The Hall–Kier alpha value is -7.24. The number of aryl methyl sites for hydroxylation is 2. The summed E-state index contributed by atoms with van der Waals surface area (Å²) in [6.45, 7) is 35.5. The van der Waals surface area contributed by atoms with Crippen LogP contribution in [-0.4, -0.2) is 27.0 Å². The fourth-order valence-electron chi connectivity index (χ4n) is 11.7. The van der Waals surface area contributed by atoms with E-state index in [1.807, 2.05) is 48.5 Å². The van der Waals surface area contributed by atoms with Gasteiger partial charge in [-0.3, -0.25) is 0 Å². The van der Waals surface area contributed by atoms with Crippen LogP contribution in [0.25, 0.3) is 60.9 Å². The maximum Gasteiger partial charge on any atom is 0.147 e. The van der Waals surface area contributed by atoms with E-state index in [4.69, 9.17) is 9.47 Å². The summed E-state index contributed by atoms with van der Waals surface area (Å²) >= 11 is 0. The van der Waals surface area contributed by atoms with E-state index in [0.29, 0.717) is 23.5 Å². The fraction of sp³-hybridized carbons (Fsp3) is 0.333. The number of fused-ring (bicyclic) bond motifs is 6. The zero-order valence-corrected chi connectivity index (χ0v) is 48.5. The number of aromatic nitrogens is 1. The zero-order chi connectivity index (χ0) is 55.3. The number of rotatable bonds is 10. The summed E-state index contributed by atoms with van der Waals surface area (Å²) in [6, 6.07) is 51.9. The highest BCUT2D eigenvalue weighted by atomic mass is 16.5. The van der Waals surface area contributed by atoms with Gasteiger partial charge in [0.1, 0.15) is 23.0 Å². The van der Waals surface area contributed by atoms with Crippen molar-refractivity contribution in [1.29, 1.82) is 0 Å². The third-order valence-corrected chi connectivity index (χ3v) is 16.0. The van der Waals surface area contributed by atoms with Gasteiger partial charge in [-0.25, -0.2) is 0 Å². The second-order valence-corrected chi connectivity index (χ2v) is 26.4. The molecule has 5 heteroatoms. The molecular weight excluding hydrogens is 943 g/mol. The lowest BCUT2D eigenvalue weighted by molar-refractivity contribution is 0.131. The minimum atomic E-state index is -0.254. The van der Waals surface area contributed by atoms with Gasteiger partial charge < -0.3 is 24.3 Å². The molecule has 0 saturated carbocycles.